The topological polar surface area (TPSA) is 106 Å². The van der Waals surface area contributed by atoms with Gasteiger partial charge in [0.15, 0.2) is 0 Å². The highest BCUT2D eigenvalue weighted by Crippen LogP contribution is 2.66. The summed E-state index contributed by atoms with van der Waals surface area (Å²) in [5.74, 6) is 0.524. The van der Waals surface area contributed by atoms with Gasteiger partial charge in [0, 0.05) is 65.4 Å². The normalized spacial score (nSPS) is 37.1. The summed E-state index contributed by atoms with van der Waals surface area (Å²) in [5.41, 5.74) is 0.605. The van der Waals surface area contributed by atoms with Gasteiger partial charge in [-0.3, -0.25) is 23.4 Å². The van der Waals surface area contributed by atoms with Gasteiger partial charge in [-0.1, -0.05) is 38.5 Å². The summed E-state index contributed by atoms with van der Waals surface area (Å²) in [6.07, 6.45) is 7.01. The molecule has 1 N–H and O–H groups in total. The first-order valence-corrected chi connectivity index (χ1v) is 16.0. The van der Waals surface area contributed by atoms with Crippen molar-refractivity contribution in [3.8, 4) is 0 Å². The third-order valence-electron chi connectivity index (χ3n) is 11.1. The second kappa shape index (κ2) is 11.4. The lowest BCUT2D eigenvalue weighted by Gasteiger charge is -2.58. The van der Waals surface area contributed by atoms with Crippen LogP contribution in [0.3, 0.4) is 0 Å². The number of carboxylic acid groups (broad SMARTS) is 1. The molecule has 0 spiro atoms. The van der Waals surface area contributed by atoms with E-state index in [0.717, 1.165) is 24.2 Å². The second-order valence-electron chi connectivity index (χ2n) is 13.1. The zero-order chi connectivity index (χ0) is 28.7. The van der Waals surface area contributed by atoms with Gasteiger partial charge in [-0.2, -0.15) is 0 Å². The minimum Gasteiger partial charge on any atom is -0.481 e. The molecule has 0 bridgehead atoms. The van der Waals surface area contributed by atoms with Gasteiger partial charge in [0.25, 0.3) is 0 Å². The highest BCUT2D eigenvalue weighted by atomic mass is 32.2. The van der Waals surface area contributed by atoms with Crippen molar-refractivity contribution in [1.29, 1.82) is 0 Å². The molecule has 0 aliphatic heterocycles. The minimum absolute atomic E-state index is 0.0659. The largest absolute Gasteiger partial charge is 0.481 e. The SMILES string of the molecule is C[C@H](CCC(=O)O)[C@H]1CC[C@H]2[C@@H]3C(=O)C[C@@H]4CC(=O)CC[C@]4(C)[C@H]3CC(=O)[C@]12C.Cc1ccc([S@@](C)=O)cc1. The molecule has 7 heteroatoms. The predicted octanol–water partition coefficient (Wildman–Crippen LogP) is 5.81. The number of hydrogen-bond acceptors (Lipinski definition) is 5. The smallest absolute Gasteiger partial charge is 0.303 e. The van der Waals surface area contributed by atoms with E-state index in [1.54, 1.807) is 6.26 Å². The first kappa shape index (κ1) is 29.8. The number of hydrogen-bond donors (Lipinski definition) is 1. The number of carbonyl (C=O) groups is 4. The molecule has 214 valence electrons. The van der Waals surface area contributed by atoms with Gasteiger partial charge in [-0.15, -0.1) is 0 Å². The van der Waals surface area contributed by atoms with E-state index >= 15 is 0 Å². The molecule has 0 heterocycles. The van der Waals surface area contributed by atoms with Crippen LogP contribution in [0.15, 0.2) is 29.2 Å². The lowest BCUT2D eigenvalue weighted by molar-refractivity contribution is -0.166. The molecule has 4 aliphatic rings. The third kappa shape index (κ3) is 5.57. The van der Waals surface area contributed by atoms with Crippen molar-refractivity contribution in [2.75, 3.05) is 6.26 Å². The summed E-state index contributed by atoms with van der Waals surface area (Å²) in [7, 11) is -0.837. The van der Waals surface area contributed by atoms with Crippen molar-refractivity contribution in [3.05, 3.63) is 29.8 Å². The van der Waals surface area contributed by atoms with Gasteiger partial charge >= 0.3 is 5.97 Å². The fourth-order valence-corrected chi connectivity index (χ4v) is 9.19. The lowest BCUT2D eigenvalue weighted by atomic mass is 9.44. The summed E-state index contributed by atoms with van der Waals surface area (Å²) in [6, 6.07) is 7.73. The van der Waals surface area contributed by atoms with Crippen molar-refractivity contribution in [3.63, 3.8) is 0 Å². The predicted molar refractivity (Wildman–Crippen MR) is 151 cm³/mol. The number of carboxylic acids is 1. The van der Waals surface area contributed by atoms with Crippen molar-refractivity contribution in [2.24, 2.45) is 46.3 Å². The van der Waals surface area contributed by atoms with E-state index < -0.39 is 22.2 Å². The number of ketones is 3. The molecule has 1 aromatic carbocycles. The lowest BCUT2D eigenvalue weighted by Crippen LogP contribution is -2.60. The van der Waals surface area contributed by atoms with E-state index in [1.165, 1.54) is 5.56 Å². The molecule has 0 unspecified atom stereocenters. The summed E-state index contributed by atoms with van der Waals surface area (Å²) in [6.45, 7) is 8.39. The van der Waals surface area contributed by atoms with Gasteiger partial charge in [0.2, 0.25) is 0 Å². The van der Waals surface area contributed by atoms with E-state index in [0.29, 0.717) is 32.1 Å². The standard InChI is InChI=1S/C24H34O5.C8H10OS/c1-13(4-7-21(28)29)16-5-6-17-22-18(12-20(27)24(16,17)3)23(2)9-8-15(25)10-14(23)11-19(22)26;1-7-3-5-8(6-4-7)10(2)9/h13-14,16-18,22H,4-12H2,1-3H3,(H,28,29);3-6H,1-2H3/t13-,14+,16-,17+,18+,22+,23+,24-;10-/m11/s1. The Kier molecular flexibility index (Phi) is 8.70. The molecule has 4 aliphatic carbocycles. The van der Waals surface area contributed by atoms with Crippen molar-refractivity contribution < 1.29 is 28.5 Å². The molecule has 0 aromatic heterocycles. The molecule has 0 amide bonds. The summed E-state index contributed by atoms with van der Waals surface area (Å²) < 4.78 is 10.9. The van der Waals surface area contributed by atoms with Gasteiger partial charge < -0.3 is 5.11 Å². The molecular formula is C32H44O6S. The maximum atomic E-state index is 13.6. The Morgan fingerprint density at radius 2 is 1.72 bits per heavy atom. The zero-order valence-corrected chi connectivity index (χ0v) is 24.9. The van der Waals surface area contributed by atoms with Gasteiger partial charge in [-0.05, 0) is 79.7 Å². The molecule has 6 nitrogen and oxygen atoms in total. The van der Waals surface area contributed by atoms with Gasteiger partial charge in [0.1, 0.15) is 17.3 Å². The molecule has 1 aromatic rings. The Balaban J connectivity index is 0.000000298. The van der Waals surface area contributed by atoms with Gasteiger partial charge in [-0.25, -0.2) is 0 Å². The number of aryl methyl sites for hydroxylation is 1. The zero-order valence-electron chi connectivity index (χ0n) is 24.0. The highest BCUT2D eigenvalue weighted by Gasteiger charge is 2.66. The fourth-order valence-electron chi connectivity index (χ4n) is 8.67. The first-order valence-electron chi connectivity index (χ1n) is 14.5. The number of benzene rings is 1. The summed E-state index contributed by atoms with van der Waals surface area (Å²) in [4.78, 5) is 50.9. The molecule has 39 heavy (non-hydrogen) atoms. The first-order chi connectivity index (χ1) is 18.3. The van der Waals surface area contributed by atoms with E-state index in [4.69, 9.17) is 5.11 Å². The number of Topliss-reactive ketones (excluding diaryl/α,β-unsaturated/α-hetero) is 3. The Labute approximate surface area is 235 Å². The molecule has 0 saturated heterocycles. The average Bonchev–Trinajstić information content (AvgIpc) is 3.23. The van der Waals surface area contributed by atoms with Crippen LogP contribution in [-0.4, -0.2) is 38.9 Å². The Hall–Kier alpha value is -2.15. The monoisotopic (exact) mass is 556 g/mol. The van der Waals surface area contributed by atoms with E-state index in [-0.39, 0.29) is 64.7 Å². The average molecular weight is 557 g/mol. The Morgan fingerprint density at radius 3 is 2.33 bits per heavy atom. The third-order valence-corrected chi connectivity index (χ3v) is 12.0. The molecule has 4 fully saturated rings. The quantitative estimate of drug-likeness (QED) is 0.491. The van der Waals surface area contributed by atoms with Crippen LogP contribution < -0.4 is 0 Å². The van der Waals surface area contributed by atoms with Crippen molar-refractivity contribution in [1.82, 2.24) is 0 Å². The van der Waals surface area contributed by atoms with Crippen LogP contribution in [0.2, 0.25) is 0 Å². The molecule has 4 saturated carbocycles. The fraction of sp³-hybridized carbons (Fsp3) is 0.688. The maximum Gasteiger partial charge on any atom is 0.303 e. The summed E-state index contributed by atoms with van der Waals surface area (Å²) >= 11 is 0. The van der Waals surface area contributed by atoms with Gasteiger partial charge in [0.05, 0.1) is 0 Å². The Morgan fingerprint density at radius 1 is 1.05 bits per heavy atom. The highest BCUT2D eigenvalue weighted by molar-refractivity contribution is 7.84. The molecule has 5 rings (SSSR count). The number of carbonyl (C=O) groups excluding carboxylic acids is 3. The van der Waals surface area contributed by atoms with E-state index in [9.17, 15) is 23.4 Å². The number of rotatable bonds is 5. The van der Waals surface area contributed by atoms with Crippen LogP contribution in [0.4, 0.5) is 0 Å². The Bertz CT molecular complexity index is 1160. The second-order valence-corrected chi connectivity index (χ2v) is 14.5. The molecule has 0 radical (unpaired) electrons. The van der Waals surface area contributed by atoms with Crippen LogP contribution in [-0.2, 0) is 30.0 Å². The van der Waals surface area contributed by atoms with Crippen molar-refractivity contribution in [2.45, 2.75) is 90.4 Å². The number of aliphatic carboxylic acids is 1. The maximum absolute atomic E-state index is 13.6. The van der Waals surface area contributed by atoms with E-state index in [2.05, 4.69) is 20.8 Å². The van der Waals surface area contributed by atoms with Crippen LogP contribution in [0.1, 0.15) is 84.1 Å². The van der Waals surface area contributed by atoms with Crippen LogP contribution >= 0.6 is 0 Å². The van der Waals surface area contributed by atoms with E-state index in [1.807, 2.05) is 31.2 Å². The van der Waals surface area contributed by atoms with Crippen LogP contribution in [0.5, 0.6) is 0 Å². The summed E-state index contributed by atoms with van der Waals surface area (Å²) in [5, 5.41) is 9.06. The minimum atomic E-state index is -0.837. The van der Waals surface area contributed by atoms with Crippen LogP contribution in [0, 0.1) is 53.3 Å². The van der Waals surface area contributed by atoms with Crippen LogP contribution in [0.25, 0.3) is 0 Å². The van der Waals surface area contributed by atoms with Crippen molar-refractivity contribution >= 4 is 34.1 Å². The number of fused-ring (bicyclic) bond motifs is 5. The molecule has 9 atom stereocenters. The molecular weight excluding hydrogens is 512 g/mol.